The summed E-state index contributed by atoms with van der Waals surface area (Å²) in [5.41, 5.74) is 3.93. The fraction of sp³-hybridized carbons (Fsp3) is 0.286. The Hall–Kier alpha value is -3.02. The standard InChI is InChI=1S/C21H20FN3O2/c1-13-20(14(2)27-24-13)16-8-9-18(23-12-16)19-7-4-10-25(19)21(26)15-5-3-6-17(22)11-15/h3,5-6,8-9,11-12,19H,4,7,10H2,1-2H3/t19-/m0/s1. The number of hydrogen-bond donors (Lipinski definition) is 0. The van der Waals surface area contributed by atoms with Crippen LogP contribution in [-0.2, 0) is 0 Å². The first kappa shape index (κ1) is 17.4. The zero-order chi connectivity index (χ0) is 19.0. The van der Waals surface area contributed by atoms with Gasteiger partial charge in [0.15, 0.2) is 0 Å². The molecule has 0 radical (unpaired) electrons. The number of nitrogens with zero attached hydrogens (tertiary/aromatic N) is 3. The number of halogens is 1. The molecule has 2 aromatic heterocycles. The summed E-state index contributed by atoms with van der Waals surface area (Å²) >= 11 is 0. The van der Waals surface area contributed by atoms with E-state index in [2.05, 4.69) is 10.1 Å². The number of carbonyl (C=O) groups excluding carboxylic acids is 1. The molecule has 3 heterocycles. The molecule has 0 N–H and O–H groups in total. The highest BCUT2D eigenvalue weighted by Gasteiger charge is 2.31. The molecular weight excluding hydrogens is 345 g/mol. The number of benzene rings is 1. The Bertz CT molecular complexity index is 962. The lowest BCUT2D eigenvalue weighted by Gasteiger charge is -2.24. The molecule has 1 fully saturated rings. The molecule has 27 heavy (non-hydrogen) atoms. The normalized spacial score (nSPS) is 16.7. The second-order valence-electron chi connectivity index (χ2n) is 6.84. The fourth-order valence-corrected chi connectivity index (χ4v) is 3.75. The van der Waals surface area contributed by atoms with Crippen molar-refractivity contribution in [3.05, 3.63) is 71.1 Å². The Morgan fingerprint density at radius 3 is 2.78 bits per heavy atom. The van der Waals surface area contributed by atoms with Gasteiger partial charge in [0.25, 0.3) is 5.91 Å². The Labute approximate surface area is 156 Å². The summed E-state index contributed by atoms with van der Waals surface area (Å²) in [4.78, 5) is 19.2. The van der Waals surface area contributed by atoms with Gasteiger partial charge in [-0.05, 0) is 51.0 Å². The number of pyridine rings is 1. The van der Waals surface area contributed by atoms with Gasteiger partial charge in [-0.25, -0.2) is 4.39 Å². The Kier molecular flexibility index (Phi) is 4.48. The molecule has 0 spiro atoms. The maximum absolute atomic E-state index is 13.5. The topological polar surface area (TPSA) is 59.2 Å². The minimum absolute atomic E-state index is 0.0977. The molecule has 0 bridgehead atoms. The number of aryl methyl sites for hydroxylation is 2. The minimum atomic E-state index is -0.404. The van der Waals surface area contributed by atoms with Crippen LogP contribution in [0.1, 0.15) is 46.4 Å². The second-order valence-corrected chi connectivity index (χ2v) is 6.84. The summed E-state index contributed by atoms with van der Waals surface area (Å²) < 4.78 is 18.7. The van der Waals surface area contributed by atoms with Crippen molar-refractivity contribution in [3.8, 4) is 11.1 Å². The molecule has 3 aromatic rings. The van der Waals surface area contributed by atoms with Gasteiger partial charge in [-0.3, -0.25) is 9.78 Å². The van der Waals surface area contributed by atoms with Gasteiger partial charge in [0, 0.05) is 29.4 Å². The van der Waals surface area contributed by atoms with Gasteiger partial charge in [-0.2, -0.15) is 0 Å². The molecule has 1 aliphatic heterocycles. The van der Waals surface area contributed by atoms with Crippen LogP contribution in [0, 0.1) is 19.7 Å². The average Bonchev–Trinajstić information content (AvgIpc) is 3.28. The summed E-state index contributed by atoms with van der Waals surface area (Å²) in [5.74, 6) is 0.193. The number of likely N-dealkylation sites (tertiary alicyclic amines) is 1. The zero-order valence-electron chi connectivity index (χ0n) is 15.3. The monoisotopic (exact) mass is 365 g/mol. The van der Waals surface area contributed by atoms with Crippen LogP contribution in [0.25, 0.3) is 11.1 Å². The highest BCUT2D eigenvalue weighted by Crippen LogP contribution is 2.33. The van der Waals surface area contributed by atoms with Crippen LogP contribution in [-0.4, -0.2) is 27.5 Å². The lowest BCUT2D eigenvalue weighted by Crippen LogP contribution is -2.31. The van der Waals surface area contributed by atoms with E-state index in [0.29, 0.717) is 12.1 Å². The van der Waals surface area contributed by atoms with Crippen LogP contribution in [0.3, 0.4) is 0 Å². The third-order valence-corrected chi connectivity index (χ3v) is 5.04. The molecule has 1 atom stereocenters. The Morgan fingerprint density at radius 1 is 1.26 bits per heavy atom. The van der Waals surface area contributed by atoms with Crippen molar-refractivity contribution >= 4 is 5.91 Å². The predicted molar refractivity (Wildman–Crippen MR) is 98.6 cm³/mol. The van der Waals surface area contributed by atoms with Gasteiger partial charge in [-0.15, -0.1) is 0 Å². The highest BCUT2D eigenvalue weighted by molar-refractivity contribution is 5.94. The maximum Gasteiger partial charge on any atom is 0.254 e. The number of amides is 1. The molecule has 1 saturated heterocycles. The number of hydrogen-bond acceptors (Lipinski definition) is 4. The molecule has 0 saturated carbocycles. The summed E-state index contributed by atoms with van der Waals surface area (Å²) in [5, 5.41) is 3.98. The smallest absolute Gasteiger partial charge is 0.254 e. The lowest BCUT2D eigenvalue weighted by atomic mass is 10.0. The number of carbonyl (C=O) groups is 1. The molecule has 1 aliphatic rings. The Balaban J connectivity index is 1.60. The van der Waals surface area contributed by atoms with E-state index in [9.17, 15) is 9.18 Å². The SMILES string of the molecule is Cc1noc(C)c1-c1ccc([C@@H]2CCCN2C(=O)c2cccc(F)c2)nc1. The van der Waals surface area contributed by atoms with Gasteiger partial charge in [0.05, 0.1) is 17.4 Å². The number of aromatic nitrogens is 2. The highest BCUT2D eigenvalue weighted by atomic mass is 19.1. The molecular formula is C21H20FN3O2. The van der Waals surface area contributed by atoms with Crippen molar-refractivity contribution in [1.82, 2.24) is 15.0 Å². The quantitative estimate of drug-likeness (QED) is 0.687. The molecule has 1 aromatic carbocycles. The van der Waals surface area contributed by atoms with Gasteiger partial charge < -0.3 is 9.42 Å². The molecule has 4 rings (SSSR count). The van der Waals surface area contributed by atoms with E-state index >= 15 is 0 Å². The summed E-state index contributed by atoms with van der Waals surface area (Å²) in [6, 6.07) is 9.67. The molecule has 5 nitrogen and oxygen atoms in total. The van der Waals surface area contributed by atoms with Crippen LogP contribution in [0.15, 0.2) is 47.1 Å². The zero-order valence-corrected chi connectivity index (χ0v) is 15.3. The van der Waals surface area contributed by atoms with Gasteiger partial charge in [0.2, 0.25) is 0 Å². The molecule has 6 heteroatoms. The first-order chi connectivity index (χ1) is 13.0. The van der Waals surface area contributed by atoms with Crippen molar-refractivity contribution in [2.24, 2.45) is 0 Å². The average molecular weight is 365 g/mol. The minimum Gasteiger partial charge on any atom is -0.361 e. The van der Waals surface area contributed by atoms with Gasteiger partial charge >= 0.3 is 0 Å². The van der Waals surface area contributed by atoms with Crippen LogP contribution in [0.2, 0.25) is 0 Å². The molecule has 138 valence electrons. The van der Waals surface area contributed by atoms with E-state index in [1.54, 1.807) is 23.2 Å². The largest absolute Gasteiger partial charge is 0.361 e. The molecule has 0 unspecified atom stereocenters. The summed E-state index contributed by atoms with van der Waals surface area (Å²) in [6.07, 6.45) is 3.54. The van der Waals surface area contributed by atoms with Crippen molar-refractivity contribution in [1.29, 1.82) is 0 Å². The first-order valence-corrected chi connectivity index (χ1v) is 9.00. The molecule has 1 amide bonds. The summed E-state index contributed by atoms with van der Waals surface area (Å²) in [6.45, 7) is 4.42. The van der Waals surface area contributed by atoms with Crippen molar-refractivity contribution in [3.63, 3.8) is 0 Å². The van der Waals surface area contributed by atoms with E-state index in [0.717, 1.165) is 41.1 Å². The van der Waals surface area contributed by atoms with Gasteiger partial charge in [0.1, 0.15) is 11.6 Å². The van der Waals surface area contributed by atoms with Crippen LogP contribution in [0.5, 0.6) is 0 Å². The summed E-state index contributed by atoms with van der Waals surface area (Å²) in [7, 11) is 0. The van der Waals surface area contributed by atoms with Crippen molar-refractivity contribution in [2.75, 3.05) is 6.54 Å². The number of rotatable bonds is 3. The van der Waals surface area contributed by atoms with E-state index in [1.807, 2.05) is 26.0 Å². The van der Waals surface area contributed by atoms with Crippen LogP contribution >= 0.6 is 0 Å². The first-order valence-electron chi connectivity index (χ1n) is 9.00. The second kappa shape index (κ2) is 6.95. The van der Waals surface area contributed by atoms with Gasteiger partial charge in [-0.1, -0.05) is 17.3 Å². The van der Waals surface area contributed by atoms with Crippen molar-refractivity contribution in [2.45, 2.75) is 32.7 Å². The van der Waals surface area contributed by atoms with Crippen molar-refractivity contribution < 1.29 is 13.7 Å². The Morgan fingerprint density at radius 2 is 2.11 bits per heavy atom. The van der Waals surface area contributed by atoms with Crippen LogP contribution < -0.4 is 0 Å². The predicted octanol–water partition coefficient (Wildman–Crippen LogP) is 4.47. The lowest BCUT2D eigenvalue weighted by molar-refractivity contribution is 0.0732. The third-order valence-electron chi connectivity index (χ3n) is 5.04. The third kappa shape index (κ3) is 3.23. The van der Waals surface area contributed by atoms with E-state index in [-0.39, 0.29) is 11.9 Å². The molecule has 0 aliphatic carbocycles. The van der Waals surface area contributed by atoms with E-state index in [1.165, 1.54) is 12.1 Å². The fourth-order valence-electron chi connectivity index (χ4n) is 3.75. The van der Waals surface area contributed by atoms with Crippen LogP contribution in [0.4, 0.5) is 4.39 Å². The maximum atomic E-state index is 13.5. The van der Waals surface area contributed by atoms with E-state index < -0.39 is 5.82 Å². The van der Waals surface area contributed by atoms with E-state index in [4.69, 9.17) is 4.52 Å².